The Kier molecular flexibility index (Phi) is 7.10. The van der Waals surface area contributed by atoms with Crippen molar-refractivity contribution in [3.05, 3.63) is 34.9 Å². The maximum absolute atomic E-state index is 12.2. The van der Waals surface area contributed by atoms with Gasteiger partial charge in [-0.3, -0.25) is 0 Å². The maximum Gasteiger partial charge on any atom is 0.315 e. The Morgan fingerprint density at radius 2 is 2.04 bits per heavy atom. The van der Waals surface area contributed by atoms with Crippen molar-refractivity contribution in [2.24, 2.45) is 0 Å². The molecule has 0 aromatic heterocycles. The second kappa shape index (κ2) is 8.87. The fourth-order valence-corrected chi connectivity index (χ4v) is 4.69. The average molecular weight is 388 g/mol. The quantitative estimate of drug-likeness (QED) is 0.787. The highest BCUT2D eigenvalue weighted by Crippen LogP contribution is 2.18. The van der Waals surface area contributed by atoms with E-state index in [1.165, 1.54) is 4.31 Å². The molecule has 0 bridgehead atoms. The number of sulfonamides is 1. The van der Waals surface area contributed by atoms with Crippen molar-refractivity contribution in [1.29, 1.82) is 0 Å². The van der Waals surface area contributed by atoms with E-state index in [2.05, 4.69) is 10.6 Å². The van der Waals surface area contributed by atoms with Crippen molar-refractivity contribution in [2.75, 3.05) is 18.8 Å². The summed E-state index contributed by atoms with van der Waals surface area (Å²) in [6.07, 6.45) is 1.87. The van der Waals surface area contributed by atoms with Gasteiger partial charge in [0.15, 0.2) is 0 Å². The third-order valence-corrected chi connectivity index (χ3v) is 6.65. The van der Waals surface area contributed by atoms with Gasteiger partial charge in [-0.15, -0.1) is 0 Å². The van der Waals surface area contributed by atoms with Gasteiger partial charge in [0.05, 0.1) is 11.8 Å². The highest BCUT2D eigenvalue weighted by Gasteiger charge is 2.28. The first-order valence-electron chi connectivity index (χ1n) is 8.62. The molecule has 0 spiro atoms. The van der Waals surface area contributed by atoms with E-state index in [4.69, 9.17) is 11.6 Å². The SMILES string of the molecule is CCCS(=O)(=O)N1CCC(NC(=O)NC(C)c2cccc(Cl)c2)CC1. The number of benzene rings is 1. The van der Waals surface area contributed by atoms with Gasteiger partial charge in [0.25, 0.3) is 0 Å². The van der Waals surface area contributed by atoms with Crippen LogP contribution in [-0.2, 0) is 10.0 Å². The van der Waals surface area contributed by atoms with Crippen LogP contribution in [0.5, 0.6) is 0 Å². The van der Waals surface area contributed by atoms with E-state index in [0.717, 1.165) is 5.56 Å². The molecule has 25 heavy (non-hydrogen) atoms. The molecule has 1 fully saturated rings. The Bertz CT molecular complexity index is 688. The molecular formula is C17H26ClN3O3S. The molecule has 1 saturated heterocycles. The van der Waals surface area contributed by atoms with Crippen LogP contribution in [0.15, 0.2) is 24.3 Å². The largest absolute Gasteiger partial charge is 0.335 e. The van der Waals surface area contributed by atoms with Crippen molar-refractivity contribution < 1.29 is 13.2 Å². The zero-order valence-corrected chi connectivity index (χ0v) is 16.2. The maximum atomic E-state index is 12.2. The predicted molar refractivity (Wildman–Crippen MR) is 100 cm³/mol. The van der Waals surface area contributed by atoms with Crippen molar-refractivity contribution in [2.45, 2.75) is 45.2 Å². The molecule has 0 radical (unpaired) electrons. The van der Waals surface area contributed by atoms with Crippen LogP contribution in [0.2, 0.25) is 5.02 Å². The Morgan fingerprint density at radius 3 is 2.64 bits per heavy atom. The number of carbonyl (C=O) groups excluding carboxylic acids is 1. The highest BCUT2D eigenvalue weighted by molar-refractivity contribution is 7.89. The zero-order chi connectivity index (χ0) is 18.4. The van der Waals surface area contributed by atoms with E-state index in [0.29, 0.717) is 37.4 Å². The molecule has 140 valence electrons. The summed E-state index contributed by atoms with van der Waals surface area (Å²) in [4.78, 5) is 12.2. The molecule has 8 heteroatoms. The van der Waals surface area contributed by atoms with Crippen molar-refractivity contribution in [3.8, 4) is 0 Å². The van der Waals surface area contributed by atoms with E-state index < -0.39 is 10.0 Å². The standard InChI is InChI=1S/C17H26ClN3O3S/c1-3-11-25(23,24)21-9-7-16(8-10-21)20-17(22)19-13(2)14-5-4-6-15(18)12-14/h4-6,12-13,16H,3,7-11H2,1-2H3,(H2,19,20,22). The number of hydrogen-bond donors (Lipinski definition) is 2. The molecule has 1 unspecified atom stereocenters. The summed E-state index contributed by atoms with van der Waals surface area (Å²) in [5, 5.41) is 6.46. The average Bonchev–Trinajstić information content (AvgIpc) is 2.55. The van der Waals surface area contributed by atoms with Gasteiger partial charge < -0.3 is 10.6 Å². The van der Waals surface area contributed by atoms with Crippen LogP contribution in [0, 0.1) is 0 Å². The van der Waals surface area contributed by atoms with Crippen LogP contribution in [0.25, 0.3) is 0 Å². The molecule has 1 aromatic carbocycles. The lowest BCUT2D eigenvalue weighted by molar-refractivity contribution is 0.225. The normalized spacial score (nSPS) is 17.9. The lowest BCUT2D eigenvalue weighted by Crippen LogP contribution is -2.49. The fraction of sp³-hybridized carbons (Fsp3) is 0.588. The van der Waals surface area contributed by atoms with Crippen LogP contribution >= 0.6 is 11.6 Å². The van der Waals surface area contributed by atoms with Gasteiger partial charge in [0.2, 0.25) is 10.0 Å². The summed E-state index contributed by atoms with van der Waals surface area (Å²) < 4.78 is 25.6. The molecule has 1 aliphatic rings. The molecule has 1 atom stereocenters. The first kappa shape index (κ1) is 20.0. The molecule has 1 aromatic rings. The van der Waals surface area contributed by atoms with Crippen LogP contribution in [-0.4, -0.2) is 43.6 Å². The van der Waals surface area contributed by atoms with Gasteiger partial charge in [0, 0.05) is 24.2 Å². The molecule has 1 heterocycles. The topological polar surface area (TPSA) is 78.5 Å². The Labute approximate surface area is 155 Å². The number of carbonyl (C=O) groups is 1. The summed E-state index contributed by atoms with van der Waals surface area (Å²) >= 11 is 5.97. The Hall–Kier alpha value is -1.31. The summed E-state index contributed by atoms with van der Waals surface area (Å²) in [7, 11) is -3.15. The van der Waals surface area contributed by atoms with Gasteiger partial charge in [0.1, 0.15) is 0 Å². The number of rotatable bonds is 6. The first-order chi connectivity index (χ1) is 11.8. The minimum absolute atomic E-state index is 0.0142. The van der Waals surface area contributed by atoms with Crippen LogP contribution in [0.1, 0.15) is 44.7 Å². The monoisotopic (exact) mass is 387 g/mol. The zero-order valence-electron chi connectivity index (χ0n) is 14.7. The second-order valence-electron chi connectivity index (χ2n) is 6.38. The molecule has 2 amide bonds. The number of hydrogen-bond acceptors (Lipinski definition) is 3. The molecule has 6 nitrogen and oxygen atoms in total. The molecule has 0 saturated carbocycles. The lowest BCUT2D eigenvalue weighted by atomic mass is 10.1. The minimum Gasteiger partial charge on any atom is -0.335 e. The summed E-state index contributed by atoms with van der Waals surface area (Å²) in [6.45, 7) is 4.66. The van der Waals surface area contributed by atoms with Crippen LogP contribution < -0.4 is 10.6 Å². The minimum atomic E-state index is -3.15. The fourth-order valence-electron chi connectivity index (χ4n) is 2.95. The van der Waals surface area contributed by atoms with Crippen molar-refractivity contribution in [1.82, 2.24) is 14.9 Å². The molecule has 1 aliphatic heterocycles. The molecule has 0 aliphatic carbocycles. The molecular weight excluding hydrogens is 362 g/mol. The number of nitrogens with one attached hydrogen (secondary N) is 2. The van der Waals surface area contributed by atoms with E-state index in [-0.39, 0.29) is 23.9 Å². The van der Waals surface area contributed by atoms with Gasteiger partial charge in [-0.25, -0.2) is 17.5 Å². The molecule has 2 N–H and O–H groups in total. The van der Waals surface area contributed by atoms with E-state index >= 15 is 0 Å². The van der Waals surface area contributed by atoms with Crippen molar-refractivity contribution >= 4 is 27.7 Å². The van der Waals surface area contributed by atoms with Crippen LogP contribution in [0.4, 0.5) is 4.79 Å². The summed E-state index contributed by atoms with van der Waals surface area (Å²) in [5.41, 5.74) is 0.933. The lowest BCUT2D eigenvalue weighted by Gasteiger charge is -2.31. The van der Waals surface area contributed by atoms with Gasteiger partial charge >= 0.3 is 6.03 Å². The third-order valence-electron chi connectivity index (χ3n) is 4.34. The van der Waals surface area contributed by atoms with Gasteiger partial charge in [-0.1, -0.05) is 30.7 Å². The van der Waals surface area contributed by atoms with E-state index in [1.807, 2.05) is 32.0 Å². The van der Waals surface area contributed by atoms with Crippen LogP contribution in [0.3, 0.4) is 0 Å². The van der Waals surface area contributed by atoms with E-state index in [9.17, 15) is 13.2 Å². The Balaban J connectivity index is 1.80. The first-order valence-corrected chi connectivity index (χ1v) is 10.6. The second-order valence-corrected chi connectivity index (χ2v) is 8.91. The predicted octanol–water partition coefficient (Wildman–Crippen LogP) is 2.90. The summed E-state index contributed by atoms with van der Waals surface area (Å²) in [6, 6.07) is 6.95. The molecule has 2 rings (SSSR count). The number of piperidine rings is 1. The van der Waals surface area contributed by atoms with E-state index in [1.54, 1.807) is 6.07 Å². The third kappa shape index (κ3) is 5.87. The number of amides is 2. The number of nitrogens with zero attached hydrogens (tertiary/aromatic N) is 1. The van der Waals surface area contributed by atoms with Gasteiger partial charge in [-0.05, 0) is 43.9 Å². The number of halogens is 1. The summed E-state index contributed by atoms with van der Waals surface area (Å²) in [5.74, 6) is 0.183. The Morgan fingerprint density at radius 1 is 1.36 bits per heavy atom. The van der Waals surface area contributed by atoms with Crippen molar-refractivity contribution in [3.63, 3.8) is 0 Å². The highest BCUT2D eigenvalue weighted by atomic mass is 35.5. The smallest absolute Gasteiger partial charge is 0.315 e. The van der Waals surface area contributed by atoms with Gasteiger partial charge in [-0.2, -0.15) is 0 Å². The number of urea groups is 1.